The number of allylic oxidation sites excluding steroid dienone is 2. The van der Waals surface area contributed by atoms with Gasteiger partial charge in [0.05, 0.1) is 40.8 Å². The number of carbonyl (C=O) groups is 4. The standard InChI is InChI=1S/C48H38ClN5O7S/c1-23-30-19-25(49)11-18-38(30)62-42(23)35-22-39(52(3)51-35)54-45(57)33-21-31-28(41(48(33,2)47(54)59)32-20-27(60-4)14-17-36(32)55)15-16-29-40(31)46(58)53(44(29)56)26-12-9-24(10-13-26)43-50-34-7-5-6-8-37(34)61-43/h5-15,17-20,22,29,31,33,40-41,55H,16,21H2,1-4H3/t29-,31+,33-,40-,41+,48+/m0/s1. The van der Waals surface area contributed by atoms with Crippen molar-refractivity contribution < 1.29 is 33.4 Å². The number of aromatic hydroxyl groups is 1. The Morgan fingerprint density at radius 2 is 1.71 bits per heavy atom. The van der Waals surface area contributed by atoms with Gasteiger partial charge in [-0.15, -0.1) is 11.3 Å². The van der Waals surface area contributed by atoms with Crippen LogP contribution in [0.4, 0.5) is 11.5 Å². The molecule has 2 aliphatic heterocycles. The molecule has 310 valence electrons. The number of aryl methyl sites for hydroxylation is 2. The number of aromatic nitrogens is 3. The smallest absolute Gasteiger partial charge is 0.242 e. The quantitative estimate of drug-likeness (QED) is 0.128. The number of oxazole rings is 1. The van der Waals surface area contributed by atoms with Gasteiger partial charge in [-0.05, 0) is 116 Å². The maximum Gasteiger partial charge on any atom is 0.242 e. The van der Waals surface area contributed by atoms with Crippen molar-refractivity contribution >= 4 is 79.3 Å². The average Bonchev–Trinajstić information content (AvgIpc) is 4.06. The Hall–Kier alpha value is -6.57. The zero-order valence-electron chi connectivity index (χ0n) is 34.0. The summed E-state index contributed by atoms with van der Waals surface area (Å²) in [5.41, 5.74) is 3.83. The summed E-state index contributed by atoms with van der Waals surface area (Å²) in [5, 5.41) is 18.0. The van der Waals surface area contributed by atoms with Gasteiger partial charge in [-0.1, -0.05) is 35.4 Å². The van der Waals surface area contributed by atoms with Gasteiger partial charge in [-0.2, -0.15) is 5.10 Å². The van der Waals surface area contributed by atoms with Crippen LogP contribution >= 0.6 is 22.9 Å². The Kier molecular flexibility index (Phi) is 8.49. The summed E-state index contributed by atoms with van der Waals surface area (Å²) in [7, 11) is 3.23. The van der Waals surface area contributed by atoms with Crippen LogP contribution in [0.5, 0.6) is 11.5 Å². The number of benzene rings is 4. The fraction of sp³-hybridized carbons (Fsp3) is 0.250. The zero-order chi connectivity index (χ0) is 42.9. The summed E-state index contributed by atoms with van der Waals surface area (Å²) in [6.07, 6.45) is 2.36. The number of anilines is 2. The number of methoxy groups -OCH3 is 1. The Morgan fingerprint density at radius 3 is 2.48 bits per heavy atom. The second-order valence-corrected chi connectivity index (χ2v) is 18.3. The fourth-order valence-electron chi connectivity index (χ4n) is 10.7. The van der Waals surface area contributed by atoms with E-state index < -0.39 is 46.8 Å². The molecule has 2 saturated heterocycles. The van der Waals surface area contributed by atoms with Crippen molar-refractivity contribution in [3.05, 3.63) is 119 Å². The number of nitrogens with zero attached hydrogens (tertiary/aromatic N) is 5. The Labute approximate surface area is 364 Å². The minimum absolute atomic E-state index is 0.0733. The van der Waals surface area contributed by atoms with Crippen LogP contribution in [0.15, 0.2) is 107 Å². The molecular weight excluding hydrogens is 826 g/mol. The molecule has 5 heterocycles. The van der Waals surface area contributed by atoms with Crippen LogP contribution in [-0.4, -0.2) is 50.6 Å². The maximum absolute atomic E-state index is 15.3. The normalized spacial score (nSPS) is 24.5. The zero-order valence-corrected chi connectivity index (χ0v) is 35.5. The van der Waals surface area contributed by atoms with E-state index in [0.717, 1.165) is 31.6 Å². The molecule has 4 aromatic carbocycles. The van der Waals surface area contributed by atoms with Crippen molar-refractivity contribution in [2.75, 3.05) is 16.9 Å². The number of rotatable bonds is 6. The molecule has 7 aromatic rings. The van der Waals surface area contributed by atoms with Gasteiger partial charge in [0.15, 0.2) is 5.58 Å². The van der Waals surface area contributed by atoms with E-state index in [-0.39, 0.29) is 30.4 Å². The summed E-state index contributed by atoms with van der Waals surface area (Å²) in [5.74, 6) is -4.26. The highest BCUT2D eigenvalue weighted by Crippen LogP contribution is 2.65. The SMILES string of the molecule is COc1ccc(O)c([C@H]2C3=CC[C@@H]4C(=O)N(c5ccc(-c6nc7ccccc7o6)cc5)C(=O)[C@@H]4[C@@H]3C[C@H]3C(=O)N(c4cc(-c5sc6ccc(Cl)cc6c5C)nn4C)C(=O)[C@@]23C)c1. The van der Waals surface area contributed by atoms with E-state index >= 15 is 9.59 Å². The highest BCUT2D eigenvalue weighted by atomic mass is 35.5. The minimum Gasteiger partial charge on any atom is -0.508 e. The Morgan fingerprint density at radius 1 is 0.919 bits per heavy atom. The van der Waals surface area contributed by atoms with Gasteiger partial charge >= 0.3 is 0 Å². The molecule has 11 rings (SSSR count). The lowest BCUT2D eigenvalue weighted by Crippen LogP contribution is -2.49. The van der Waals surface area contributed by atoms with Crippen molar-refractivity contribution in [2.24, 2.45) is 36.1 Å². The highest BCUT2D eigenvalue weighted by Gasteiger charge is 2.68. The molecule has 14 heteroatoms. The molecule has 3 aromatic heterocycles. The van der Waals surface area contributed by atoms with Crippen molar-refractivity contribution in [1.82, 2.24) is 14.8 Å². The first kappa shape index (κ1) is 38.4. The van der Waals surface area contributed by atoms with Crippen LogP contribution in [0, 0.1) is 36.0 Å². The van der Waals surface area contributed by atoms with E-state index in [4.69, 9.17) is 25.9 Å². The average molecular weight is 864 g/mol. The van der Waals surface area contributed by atoms with Crippen molar-refractivity contribution in [2.45, 2.75) is 32.6 Å². The highest BCUT2D eigenvalue weighted by molar-refractivity contribution is 7.22. The largest absolute Gasteiger partial charge is 0.508 e. The van der Waals surface area contributed by atoms with E-state index in [1.165, 1.54) is 23.0 Å². The van der Waals surface area contributed by atoms with Crippen LogP contribution < -0.4 is 14.5 Å². The molecule has 0 unspecified atom stereocenters. The lowest BCUT2D eigenvalue weighted by Gasteiger charge is -2.49. The number of phenols is 1. The van der Waals surface area contributed by atoms with E-state index in [0.29, 0.717) is 50.6 Å². The lowest BCUT2D eigenvalue weighted by atomic mass is 9.51. The number of carbonyl (C=O) groups excluding carboxylic acids is 4. The second-order valence-electron chi connectivity index (χ2n) is 16.8. The summed E-state index contributed by atoms with van der Waals surface area (Å²) in [4.78, 5) is 67.4. The first-order valence-electron chi connectivity index (χ1n) is 20.4. The van der Waals surface area contributed by atoms with Gasteiger partial charge in [0.1, 0.15) is 28.5 Å². The number of phenolic OH excluding ortho intramolecular Hbond substituents is 1. The maximum atomic E-state index is 15.3. The molecule has 1 N–H and O–H groups in total. The first-order valence-corrected chi connectivity index (χ1v) is 21.6. The van der Waals surface area contributed by atoms with Gasteiger partial charge in [0, 0.05) is 39.9 Å². The molecule has 0 spiro atoms. The molecule has 0 bridgehead atoms. The molecule has 62 heavy (non-hydrogen) atoms. The van der Waals surface area contributed by atoms with Crippen molar-refractivity contribution in [3.63, 3.8) is 0 Å². The third kappa shape index (κ3) is 5.37. The van der Waals surface area contributed by atoms with Crippen LogP contribution in [0.1, 0.15) is 36.8 Å². The summed E-state index contributed by atoms with van der Waals surface area (Å²) in [6.45, 7) is 3.79. The molecule has 0 radical (unpaired) electrons. The van der Waals surface area contributed by atoms with Crippen LogP contribution in [0.3, 0.4) is 0 Å². The lowest BCUT2D eigenvalue weighted by molar-refractivity contribution is -0.131. The van der Waals surface area contributed by atoms with Crippen molar-refractivity contribution in [3.8, 4) is 33.5 Å². The number of ether oxygens (including phenoxy) is 1. The van der Waals surface area contributed by atoms with Gasteiger partial charge in [-0.25, -0.2) is 9.88 Å². The number of fused-ring (bicyclic) bond motifs is 6. The molecule has 4 aliphatic rings. The predicted octanol–water partition coefficient (Wildman–Crippen LogP) is 9.22. The minimum atomic E-state index is -1.39. The second kappa shape index (κ2) is 13.7. The molecule has 6 atom stereocenters. The van der Waals surface area contributed by atoms with E-state index in [9.17, 15) is 14.7 Å². The van der Waals surface area contributed by atoms with E-state index in [1.807, 2.05) is 55.5 Å². The third-order valence-electron chi connectivity index (χ3n) is 13.7. The Balaban J connectivity index is 0.977. The molecule has 4 amide bonds. The van der Waals surface area contributed by atoms with E-state index in [2.05, 4.69) is 4.98 Å². The third-order valence-corrected chi connectivity index (χ3v) is 15.2. The predicted molar refractivity (Wildman–Crippen MR) is 235 cm³/mol. The van der Waals surface area contributed by atoms with Crippen LogP contribution in [-0.2, 0) is 26.2 Å². The molecular formula is C48H38ClN5O7S. The fourth-order valence-corrected chi connectivity index (χ4v) is 12.0. The number of para-hydroxylation sites is 2. The number of hydrogen-bond donors (Lipinski definition) is 1. The molecule has 12 nitrogen and oxygen atoms in total. The topological polar surface area (TPSA) is 148 Å². The summed E-state index contributed by atoms with van der Waals surface area (Å²) < 4.78 is 14.1. The van der Waals surface area contributed by atoms with E-state index in [1.54, 1.807) is 72.5 Å². The Bertz CT molecular complexity index is 3100. The molecule has 3 fully saturated rings. The number of hydrogen-bond acceptors (Lipinski definition) is 10. The van der Waals surface area contributed by atoms with Gasteiger partial charge in [0.25, 0.3) is 0 Å². The monoisotopic (exact) mass is 863 g/mol. The van der Waals surface area contributed by atoms with Crippen LogP contribution in [0.25, 0.3) is 43.2 Å². The van der Waals surface area contributed by atoms with Crippen LogP contribution in [0.2, 0.25) is 5.02 Å². The van der Waals surface area contributed by atoms with Gasteiger partial charge < -0.3 is 14.3 Å². The molecule has 2 aliphatic carbocycles. The number of imide groups is 2. The number of amides is 4. The number of thiophene rings is 1. The number of halogens is 1. The summed E-state index contributed by atoms with van der Waals surface area (Å²) in [6, 6.07) is 26.8. The van der Waals surface area contributed by atoms with Crippen molar-refractivity contribution in [1.29, 1.82) is 0 Å². The molecule has 1 saturated carbocycles. The summed E-state index contributed by atoms with van der Waals surface area (Å²) >= 11 is 7.90. The first-order chi connectivity index (χ1) is 29.9. The van der Waals surface area contributed by atoms with Gasteiger partial charge in [0.2, 0.25) is 29.5 Å². The van der Waals surface area contributed by atoms with Gasteiger partial charge in [-0.3, -0.25) is 28.8 Å².